The second-order valence-electron chi connectivity index (χ2n) is 5.95. The van der Waals surface area contributed by atoms with Crippen molar-refractivity contribution in [2.45, 2.75) is 50.7 Å². The molecule has 1 fully saturated rings. The number of hydrogen-bond donors (Lipinski definition) is 1. The molecule has 1 saturated carbocycles. The first kappa shape index (κ1) is 14.8. The van der Waals surface area contributed by atoms with Crippen LogP contribution in [0.5, 0.6) is 5.75 Å². The van der Waals surface area contributed by atoms with Crippen molar-refractivity contribution in [2.24, 2.45) is 0 Å². The maximum Gasteiger partial charge on any atom is 0.211 e. The molecule has 1 unspecified atom stereocenters. The number of sulfonamides is 1. The molecule has 2 aliphatic rings. The first-order valence-electron chi connectivity index (χ1n) is 7.41. The molecular formula is C15H20FNO3S. The van der Waals surface area contributed by atoms with Gasteiger partial charge in [0.25, 0.3) is 0 Å². The molecule has 0 amide bonds. The van der Waals surface area contributed by atoms with Gasteiger partial charge in [0.1, 0.15) is 17.2 Å². The lowest BCUT2D eigenvalue weighted by molar-refractivity contribution is 0.0401. The SMILES string of the molecule is CCS(=O)(=O)NC1CC2(CCCC2)Oc2ccc(F)cc21. The Kier molecular flexibility index (Phi) is 3.69. The predicted octanol–water partition coefficient (Wildman–Crippen LogP) is 2.90. The van der Waals surface area contributed by atoms with E-state index in [9.17, 15) is 12.8 Å². The molecule has 0 saturated heterocycles. The van der Waals surface area contributed by atoms with Crippen molar-refractivity contribution in [3.05, 3.63) is 29.6 Å². The Morgan fingerprint density at radius 1 is 1.38 bits per heavy atom. The summed E-state index contributed by atoms with van der Waals surface area (Å²) >= 11 is 0. The van der Waals surface area contributed by atoms with Crippen LogP contribution in [0.25, 0.3) is 0 Å². The summed E-state index contributed by atoms with van der Waals surface area (Å²) in [5.41, 5.74) is 0.302. The summed E-state index contributed by atoms with van der Waals surface area (Å²) in [7, 11) is -3.35. The predicted molar refractivity (Wildman–Crippen MR) is 78.2 cm³/mol. The van der Waals surface area contributed by atoms with Gasteiger partial charge in [-0.2, -0.15) is 0 Å². The molecule has 1 heterocycles. The number of halogens is 1. The molecule has 1 atom stereocenters. The van der Waals surface area contributed by atoms with Crippen LogP contribution < -0.4 is 9.46 Å². The van der Waals surface area contributed by atoms with Crippen molar-refractivity contribution in [1.29, 1.82) is 0 Å². The van der Waals surface area contributed by atoms with Gasteiger partial charge >= 0.3 is 0 Å². The van der Waals surface area contributed by atoms with Crippen molar-refractivity contribution in [1.82, 2.24) is 4.72 Å². The number of hydrogen-bond acceptors (Lipinski definition) is 3. The van der Waals surface area contributed by atoms with Crippen molar-refractivity contribution < 1.29 is 17.5 Å². The zero-order valence-electron chi connectivity index (χ0n) is 12.1. The lowest BCUT2D eigenvalue weighted by Crippen LogP contribution is -2.43. The largest absolute Gasteiger partial charge is 0.487 e. The fourth-order valence-corrected chi connectivity index (χ4v) is 4.18. The highest BCUT2D eigenvalue weighted by Crippen LogP contribution is 2.47. The van der Waals surface area contributed by atoms with E-state index in [2.05, 4.69) is 4.72 Å². The fourth-order valence-electron chi connectivity index (χ4n) is 3.37. The first-order chi connectivity index (χ1) is 9.93. The molecule has 6 heteroatoms. The average Bonchev–Trinajstić information content (AvgIpc) is 2.87. The standard InChI is InChI=1S/C15H20FNO3S/c1-2-21(18,19)17-13-10-15(7-3-4-8-15)20-14-6-5-11(16)9-12(13)14/h5-6,9,13,17H,2-4,7-8,10H2,1H3. The molecule has 1 aliphatic carbocycles. The Balaban J connectivity index is 1.99. The van der Waals surface area contributed by atoms with E-state index in [1.54, 1.807) is 13.0 Å². The Morgan fingerprint density at radius 2 is 2.10 bits per heavy atom. The van der Waals surface area contributed by atoms with Crippen LogP contribution in [0.1, 0.15) is 50.6 Å². The van der Waals surface area contributed by atoms with Crippen LogP contribution in [0.2, 0.25) is 0 Å². The molecule has 1 N–H and O–H groups in total. The maximum atomic E-state index is 13.5. The van der Waals surface area contributed by atoms with Crippen LogP contribution >= 0.6 is 0 Å². The minimum absolute atomic E-state index is 0.0159. The number of rotatable bonds is 3. The molecule has 1 spiro atoms. The first-order valence-corrected chi connectivity index (χ1v) is 9.07. The molecule has 0 bridgehead atoms. The molecule has 1 aromatic carbocycles. The van der Waals surface area contributed by atoms with Crippen LogP contribution in [0.15, 0.2) is 18.2 Å². The van der Waals surface area contributed by atoms with E-state index in [1.807, 2.05) is 0 Å². The highest BCUT2D eigenvalue weighted by molar-refractivity contribution is 7.89. The molecule has 0 radical (unpaired) electrons. The van der Waals surface area contributed by atoms with Crippen LogP contribution in [0.4, 0.5) is 4.39 Å². The summed E-state index contributed by atoms with van der Waals surface area (Å²) in [6.07, 6.45) is 4.60. The molecule has 4 nitrogen and oxygen atoms in total. The molecule has 0 aromatic heterocycles. The lowest BCUT2D eigenvalue weighted by atomic mass is 9.86. The summed E-state index contributed by atoms with van der Waals surface area (Å²) in [4.78, 5) is 0. The van der Waals surface area contributed by atoms with Crippen molar-refractivity contribution in [2.75, 3.05) is 5.75 Å². The van der Waals surface area contributed by atoms with Gasteiger partial charge in [0.2, 0.25) is 10.0 Å². The highest BCUT2D eigenvalue weighted by atomic mass is 32.2. The van der Waals surface area contributed by atoms with E-state index in [-0.39, 0.29) is 17.2 Å². The third kappa shape index (κ3) is 2.92. The topological polar surface area (TPSA) is 55.4 Å². The lowest BCUT2D eigenvalue weighted by Gasteiger charge is -2.40. The summed E-state index contributed by atoms with van der Waals surface area (Å²) in [5, 5.41) is 0. The zero-order chi connectivity index (χ0) is 15.1. The second kappa shape index (κ2) is 5.25. The molecule has 21 heavy (non-hydrogen) atoms. The van der Waals surface area contributed by atoms with Gasteiger partial charge in [-0.25, -0.2) is 17.5 Å². The van der Waals surface area contributed by atoms with Gasteiger partial charge in [0.15, 0.2) is 0 Å². The summed E-state index contributed by atoms with van der Waals surface area (Å²) in [6.45, 7) is 1.60. The van der Waals surface area contributed by atoms with Gasteiger partial charge in [0, 0.05) is 12.0 Å². The van der Waals surface area contributed by atoms with Gasteiger partial charge in [-0.1, -0.05) is 0 Å². The highest BCUT2D eigenvalue weighted by Gasteiger charge is 2.44. The van der Waals surface area contributed by atoms with Gasteiger partial charge in [-0.3, -0.25) is 0 Å². The van der Waals surface area contributed by atoms with Crippen molar-refractivity contribution >= 4 is 10.0 Å². The van der Waals surface area contributed by atoms with Gasteiger partial charge in [0.05, 0.1) is 11.8 Å². The van der Waals surface area contributed by atoms with Crippen LogP contribution in [0, 0.1) is 5.82 Å². The van der Waals surface area contributed by atoms with Crippen molar-refractivity contribution in [3.8, 4) is 5.75 Å². The third-order valence-corrected chi connectivity index (χ3v) is 5.87. The van der Waals surface area contributed by atoms with E-state index in [0.29, 0.717) is 17.7 Å². The van der Waals surface area contributed by atoms with Gasteiger partial charge in [-0.05, 0) is 50.8 Å². The van der Waals surface area contributed by atoms with Gasteiger partial charge in [-0.15, -0.1) is 0 Å². The van der Waals surface area contributed by atoms with Crippen LogP contribution in [0.3, 0.4) is 0 Å². The van der Waals surface area contributed by atoms with E-state index in [1.165, 1.54) is 12.1 Å². The molecular weight excluding hydrogens is 293 g/mol. The molecule has 1 aliphatic heterocycles. The van der Waals surface area contributed by atoms with E-state index >= 15 is 0 Å². The quantitative estimate of drug-likeness (QED) is 0.933. The minimum atomic E-state index is -3.35. The maximum absolute atomic E-state index is 13.5. The third-order valence-electron chi connectivity index (χ3n) is 4.47. The van der Waals surface area contributed by atoms with E-state index in [4.69, 9.17) is 4.74 Å². The molecule has 116 valence electrons. The monoisotopic (exact) mass is 313 g/mol. The Labute approximate surface area is 124 Å². The number of ether oxygens (including phenoxy) is 1. The zero-order valence-corrected chi connectivity index (χ0v) is 12.9. The molecule has 3 rings (SSSR count). The number of benzene rings is 1. The normalized spacial score (nSPS) is 23.8. The number of fused-ring (bicyclic) bond motifs is 1. The van der Waals surface area contributed by atoms with Crippen LogP contribution in [-0.2, 0) is 10.0 Å². The Bertz CT molecular complexity index is 638. The Morgan fingerprint density at radius 3 is 2.76 bits per heavy atom. The van der Waals surface area contributed by atoms with Crippen LogP contribution in [-0.4, -0.2) is 19.8 Å². The Hall–Kier alpha value is -1.14. The minimum Gasteiger partial charge on any atom is -0.487 e. The van der Waals surface area contributed by atoms with E-state index in [0.717, 1.165) is 25.7 Å². The molecule has 1 aromatic rings. The summed E-state index contributed by atoms with van der Waals surface area (Å²) in [5.74, 6) is 0.246. The van der Waals surface area contributed by atoms with E-state index < -0.39 is 16.1 Å². The second-order valence-corrected chi connectivity index (χ2v) is 7.99. The number of nitrogens with one attached hydrogen (secondary N) is 1. The van der Waals surface area contributed by atoms with Crippen molar-refractivity contribution in [3.63, 3.8) is 0 Å². The van der Waals surface area contributed by atoms with Gasteiger partial charge < -0.3 is 4.74 Å². The smallest absolute Gasteiger partial charge is 0.211 e. The average molecular weight is 313 g/mol. The summed E-state index contributed by atoms with van der Waals surface area (Å²) < 4.78 is 46.2. The summed E-state index contributed by atoms with van der Waals surface area (Å²) in [6, 6.07) is 3.93. The fraction of sp³-hybridized carbons (Fsp3) is 0.600.